The molecule has 0 radical (unpaired) electrons. The van der Waals surface area contributed by atoms with Crippen LogP contribution in [0, 0.1) is 0 Å². The van der Waals surface area contributed by atoms with Gasteiger partial charge in [-0.15, -0.1) is 0 Å². The summed E-state index contributed by atoms with van der Waals surface area (Å²) in [6.45, 7) is 0. The van der Waals surface area contributed by atoms with Crippen molar-refractivity contribution in [3.8, 4) is 0 Å². The Kier molecular flexibility index (Phi) is 3.71. The van der Waals surface area contributed by atoms with Crippen LogP contribution >= 0.6 is 0 Å². The van der Waals surface area contributed by atoms with Crippen molar-refractivity contribution in [2.45, 2.75) is 0 Å². The second kappa shape index (κ2) is 6.17. The van der Waals surface area contributed by atoms with Crippen molar-refractivity contribution in [2.75, 3.05) is 4.90 Å². The summed E-state index contributed by atoms with van der Waals surface area (Å²) in [5.74, 6) is -0.376. The molecule has 1 aliphatic rings. The first-order valence-electron chi connectivity index (χ1n) is 7.92. The molecule has 1 aliphatic heterocycles. The van der Waals surface area contributed by atoms with E-state index in [1.807, 2.05) is 60.7 Å². The molecule has 25 heavy (non-hydrogen) atoms. The SMILES string of the molecule is O=C1C(c2ccccc2)=C(c2ccccc2)C(=O)N1c1ccccn1. The summed E-state index contributed by atoms with van der Waals surface area (Å²) in [5.41, 5.74) is 2.25. The molecule has 0 spiro atoms. The second-order valence-electron chi connectivity index (χ2n) is 5.62. The van der Waals surface area contributed by atoms with Crippen molar-refractivity contribution in [1.29, 1.82) is 0 Å². The Morgan fingerprint density at radius 2 is 1.08 bits per heavy atom. The molecule has 4 nitrogen and oxygen atoms in total. The second-order valence-corrected chi connectivity index (χ2v) is 5.62. The predicted molar refractivity (Wildman–Crippen MR) is 96.4 cm³/mol. The van der Waals surface area contributed by atoms with Gasteiger partial charge in [0.15, 0.2) is 0 Å². The van der Waals surface area contributed by atoms with E-state index in [1.165, 1.54) is 0 Å². The highest BCUT2D eigenvalue weighted by Gasteiger charge is 2.40. The molecule has 0 atom stereocenters. The van der Waals surface area contributed by atoms with Crippen molar-refractivity contribution in [1.82, 2.24) is 4.98 Å². The van der Waals surface area contributed by atoms with Gasteiger partial charge in [-0.05, 0) is 23.3 Å². The average Bonchev–Trinajstić information content (AvgIpc) is 2.94. The maximum Gasteiger partial charge on any atom is 0.268 e. The van der Waals surface area contributed by atoms with Gasteiger partial charge >= 0.3 is 0 Å². The third kappa shape index (κ3) is 2.54. The van der Waals surface area contributed by atoms with E-state index in [-0.39, 0.29) is 11.8 Å². The molecule has 3 aromatic rings. The summed E-state index contributed by atoms with van der Waals surface area (Å²) < 4.78 is 0. The van der Waals surface area contributed by atoms with E-state index in [0.717, 1.165) is 16.0 Å². The minimum Gasteiger partial charge on any atom is -0.268 e. The first-order valence-corrected chi connectivity index (χ1v) is 7.92. The Morgan fingerprint density at radius 1 is 0.600 bits per heavy atom. The van der Waals surface area contributed by atoms with Gasteiger partial charge in [-0.1, -0.05) is 66.7 Å². The highest BCUT2D eigenvalue weighted by molar-refractivity contribution is 6.56. The van der Waals surface area contributed by atoms with Crippen LogP contribution in [0.15, 0.2) is 85.1 Å². The molecule has 0 saturated carbocycles. The maximum atomic E-state index is 13.1. The fourth-order valence-corrected chi connectivity index (χ4v) is 2.97. The zero-order valence-electron chi connectivity index (χ0n) is 13.3. The Labute approximate surface area is 145 Å². The molecule has 0 unspecified atom stereocenters. The number of pyridine rings is 1. The van der Waals surface area contributed by atoms with Crippen LogP contribution in [0.1, 0.15) is 11.1 Å². The molecule has 2 heterocycles. The van der Waals surface area contributed by atoms with Crippen LogP contribution < -0.4 is 4.90 Å². The van der Waals surface area contributed by atoms with Crippen LogP contribution in [0.3, 0.4) is 0 Å². The average molecular weight is 326 g/mol. The lowest BCUT2D eigenvalue weighted by atomic mass is 9.96. The number of hydrogen-bond donors (Lipinski definition) is 0. The molecular formula is C21H14N2O2. The molecule has 4 rings (SSSR count). The van der Waals surface area contributed by atoms with Gasteiger partial charge in [0.25, 0.3) is 11.8 Å². The summed E-state index contributed by atoms with van der Waals surface area (Å²) in [7, 11) is 0. The summed E-state index contributed by atoms with van der Waals surface area (Å²) in [6, 6.07) is 23.7. The summed E-state index contributed by atoms with van der Waals surface area (Å²) in [6.07, 6.45) is 1.57. The van der Waals surface area contributed by atoms with Crippen molar-refractivity contribution in [3.05, 3.63) is 96.2 Å². The van der Waals surface area contributed by atoms with Crippen LogP contribution in [0.4, 0.5) is 5.82 Å². The smallest absolute Gasteiger partial charge is 0.268 e. The molecule has 1 aromatic heterocycles. The fourth-order valence-electron chi connectivity index (χ4n) is 2.97. The zero-order valence-corrected chi connectivity index (χ0v) is 13.3. The number of hydrogen-bond acceptors (Lipinski definition) is 3. The van der Waals surface area contributed by atoms with Crippen LogP contribution in [0.5, 0.6) is 0 Å². The minimum absolute atomic E-state index is 0.330. The van der Waals surface area contributed by atoms with Gasteiger partial charge in [0.2, 0.25) is 0 Å². The van der Waals surface area contributed by atoms with E-state index in [0.29, 0.717) is 17.0 Å². The molecule has 2 amide bonds. The van der Waals surface area contributed by atoms with Crippen molar-refractivity contribution in [2.24, 2.45) is 0 Å². The van der Waals surface area contributed by atoms with E-state index in [1.54, 1.807) is 24.4 Å². The number of benzene rings is 2. The third-order valence-corrected chi connectivity index (χ3v) is 4.09. The van der Waals surface area contributed by atoms with Gasteiger partial charge < -0.3 is 0 Å². The molecule has 0 N–H and O–H groups in total. The topological polar surface area (TPSA) is 50.3 Å². The number of carbonyl (C=O) groups excluding carboxylic acids is 2. The monoisotopic (exact) mass is 326 g/mol. The quantitative estimate of drug-likeness (QED) is 0.692. The fraction of sp³-hybridized carbons (Fsp3) is 0. The van der Waals surface area contributed by atoms with E-state index in [2.05, 4.69) is 4.98 Å². The third-order valence-electron chi connectivity index (χ3n) is 4.09. The lowest BCUT2D eigenvalue weighted by molar-refractivity contribution is -0.119. The lowest BCUT2D eigenvalue weighted by Gasteiger charge is -2.13. The largest absolute Gasteiger partial charge is 0.268 e. The van der Waals surface area contributed by atoms with Crippen molar-refractivity contribution >= 4 is 28.8 Å². The van der Waals surface area contributed by atoms with Crippen LogP contribution in [-0.2, 0) is 9.59 Å². The van der Waals surface area contributed by atoms with E-state index in [4.69, 9.17) is 0 Å². The summed E-state index contributed by atoms with van der Waals surface area (Å²) in [5, 5.41) is 0. The van der Waals surface area contributed by atoms with E-state index < -0.39 is 0 Å². The van der Waals surface area contributed by atoms with Gasteiger partial charge in [-0.3, -0.25) is 9.59 Å². The van der Waals surface area contributed by atoms with Gasteiger partial charge in [-0.25, -0.2) is 9.88 Å². The zero-order chi connectivity index (χ0) is 17.2. The Bertz CT molecular complexity index is 903. The number of imide groups is 1. The van der Waals surface area contributed by atoms with Crippen LogP contribution in [0.2, 0.25) is 0 Å². The van der Waals surface area contributed by atoms with E-state index >= 15 is 0 Å². The molecule has 0 aliphatic carbocycles. The molecule has 0 fully saturated rings. The first-order chi connectivity index (χ1) is 12.3. The Balaban J connectivity index is 1.93. The van der Waals surface area contributed by atoms with Crippen LogP contribution in [0.25, 0.3) is 11.1 Å². The maximum absolute atomic E-state index is 13.1. The summed E-state index contributed by atoms with van der Waals surface area (Å²) >= 11 is 0. The number of anilines is 1. The van der Waals surface area contributed by atoms with E-state index in [9.17, 15) is 9.59 Å². The van der Waals surface area contributed by atoms with Gasteiger partial charge in [0, 0.05) is 6.20 Å². The standard InChI is InChI=1S/C21H14N2O2/c24-20-18(15-9-3-1-4-10-15)19(16-11-5-2-6-12-16)21(25)23(20)17-13-7-8-14-22-17/h1-14H. The van der Waals surface area contributed by atoms with Crippen molar-refractivity contribution in [3.63, 3.8) is 0 Å². The summed E-state index contributed by atoms with van der Waals surface area (Å²) in [4.78, 5) is 31.5. The molecule has 4 heteroatoms. The number of rotatable bonds is 3. The number of aromatic nitrogens is 1. The van der Waals surface area contributed by atoms with Gasteiger partial charge in [-0.2, -0.15) is 0 Å². The molecule has 0 saturated heterocycles. The van der Waals surface area contributed by atoms with Crippen molar-refractivity contribution < 1.29 is 9.59 Å². The molecule has 2 aromatic carbocycles. The number of amides is 2. The predicted octanol–water partition coefficient (Wildman–Crippen LogP) is 3.57. The Hall–Kier alpha value is -3.53. The van der Waals surface area contributed by atoms with Gasteiger partial charge in [0.1, 0.15) is 5.82 Å². The lowest BCUT2D eigenvalue weighted by Crippen LogP contribution is -2.32. The van der Waals surface area contributed by atoms with Crippen LogP contribution in [-0.4, -0.2) is 16.8 Å². The Morgan fingerprint density at radius 3 is 1.52 bits per heavy atom. The molecular weight excluding hydrogens is 312 g/mol. The number of carbonyl (C=O) groups is 2. The molecule has 120 valence electrons. The van der Waals surface area contributed by atoms with Gasteiger partial charge in [0.05, 0.1) is 11.1 Å². The molecule has 0 bridgehead atoms. The highest BCUT2D eigenvalue weighted by atomic mass is 16.2. The normalized spacial score (nSPS) is 14.3. The minimum atomic E-state index is -0.353. The number of nitrogens with zero attached hydrogens (tertiary/aromatic N) is 2. The first kappa shape index (κ1) is 15.0. The highest BCUT2D eigenvalue weighted by Crippen LogP contribution is 2.37.